The average molecular weight is 290 g/mol. The van der Waals surface area contributed by atoms with Crippen LogP contribution in [0.3, 0.4) is 0 Å². The number of hydrogen-bond acceptors (Lipinski definition) is 3. The van der Waals surface area contributed by atoms with Gasteiger partial charge in [-0.25, -0.2) is 4.39 Å². The largest absolute Gasteiger partial charge is 0.465 e. The number of nitrogens with two attached hydrogens (primary N) is 1. The Bertz CT molecular complexity index is 384. The molecule has 2 N–H and O–H groups in total. The number of carbonyl (C=O) groups is 1. The van der Waals surface area contributed by atoms with Crippen LogP contribution < -0.4 is 5.73 Å². The maximum absolute atomic E-state index is 12.8. The van der Waals surface area contributed by atoms with Crippen molar-refractivity contribution in [1.82, 2.24) is 0 Å². The number of rotatable bonds is 4. The van der Waals surface area contributed by atoms with E-state index in [0.29, 0.717) is 17.5 Å². The lowest BCUT2D eigenvalue weighted by Gasteiger charge is -2.11. The summed E-state index contributed by atoms with van der Waals surface area (Å²) >= 11 is 3.22. The van der Waals surface area contributed by atoms with E-state index in [1.165, 1.54) is 12.1 Å². The molecule has 1 atom stereocenters. The third kappa shape index (κ3) is 3.57. The van der Waals surface area contributed by atoms with Crippen molar-refractivity contribution in [2.75, 3.05) is 6.61 Å². The third-order valence-electron chi connectivity index (χ3n) is 2.04. The molecule has 1 unspecified atom stereocenters. The molecular weight excluding hydrogens is 277 g/mol. The van der Waals surface area contributed by atoms with Gasteiger partial charge in [-0.05, 0) is 31.0 Å². The van der Waals surface area contributed by atoms with E-state index in [0.717, 1.165) is 5.56 Å². The highest BCUT2D eigenvalue weighted by Crippen LogP contribution is 2.19. The summed E-state index contributed by atoms with van der Waals surface area (Å²) in [6.07, 6.45) is 0.319. The Morgan fingerprint density at radius 2 is 2.31 bits per heavy atom. The molecule has 0 aliphatic carbocycles. The van der Waals surface area contributed by atoms with Gasteiger partial charge >= 0.3 is 5.97 Å². The Labute approximate surface area is 102 Å². The zero-order valence-electron chi connectivity index (χ0n) is 8.87. The summed E-state index contributed by atoms with van der Waals surface area (Å²) in [4.78, 5) is 11.3. The fourth-order valence-corrected chi connectivity index (χ4v) is 1.77. The molecule has 0 aromatic heterocycles. The van der Waals surface area contributed by atoms with Crippen LogP contribution in [0.25, 0.3) is 0 Å². The zero-order valence-corrected chi connectivity index (χ0v) is 10.5. The standard InChI is InChI=1S/C11H13BrFNO2/c1-2-16-11(15)10(14)5-7-3-4-8(13)6-9(7)12/h3-4,6,10H,2,5,14H2,1H3. The van der Waals surface area contributed by atoms with E-state index in [2.05, 4.69) is 15.9 Å². The lowest BCUT2D eigenvalue weighted by Crippen LogP contribution is -2.34. The van der Waals surface area contributed by atoms with Crippen LogP contribution in [-0.2, 0) is 16.0 Å². The second-order valence-electron chi connectivity index (χ2n) is 3.30. The van der Waals surface area contributed by atoms with Crippen LogP contribution in [0.1, 0.15) is 12.5 Å². The number of esters is 1. The first-order chi connectivity index (χ1) is 7.54. The first-order valence-corrected chi connectivity index (χ1v) is 5.70. The second kappa shape index (κ2) is 5.96. The maximum atomic E-state index is 12.8. The highest BCUT2D eigenvalue weighted by Gasteiger charge is 2.16. The van der Waals surface area contributed by atoms with Crippen molar-refractivity contribution in [3.05, 3.63) is 34.1 Å². The van der Waals surface area contributed by atoms with E-state index in [4.69, 9.17) is 10.5 Å². The molecule has 0 saturated heterocycles. The summed E-state index contributed by atoms with van der Waals surface area (Å²) in [5.41, 5.74) is 6.43. The SMILES string of the molecule is CCOC(=O)C(N)Cc1ccc(F)cc1Br. The molecule has 0 spiro atoms. The van der Waals surface area contributed by atoms with Gasteiger partial charge < -0.3 is 10.5 Å². The summed E-state index contributed by atoms with van der Waals surface area (Å²) in [5.74, 6) is -0.779. The summed E-state index contributed by atoms with van der Waals surface area (Å²) in [6, 6.07) is 3.55. The van der Waals surface area contributed by atoms with Crippen molar-refractivity contribution in [3.63, 3.8) is 0 Å². The molecule has 1 aromatic rings. The van der Waals surface area contributed by atoms with Crippen LogP contribution in [0, 0.1) is 5.82 Å². The summed E-state index contributed by atoms with van der Waals surface area (Å²) < 4.78 is 18.2. The van der Waals surface area contributed by atoms with E-state index in [1.807, 2.05) is 0 Å². The minimum absolute atomic E-state index is 0.303. The average Bonchev–Trinajstić information content (AvgIpc) is 2.22. The normalized spacial score (nSPS) is 12.2. The minimum atomic E-state index is -0.721. The molecule has 16 heavy (non-hydrogen) atoms. The maximum Gasteiger partial charge on any atom is 0.323 e. The van der Waals surface area contributed by atoms with Gasteiger partial charge in [0.05, 0.1) is 6.61 Å². The molecule has 88 valence electrons. The third-order valence-corrected chi connectivity index (χ3v) is 2.78. The number of hydrogen-bond donors (Lipinski definition) is 1. The molecule has 0 heterocycles. The van der Waals surface area contributed by atoms with Crippen LogP contribution >= 0.6 is 15.9 Å². The highest BCUT2D eigenvalue weighted by molar-refractivity contribution is 9.10. The lowest BCUT2D eigenvalue weighted by atomic mass is 10.1. The predicted molar refractivity (Wildman–Crippen MR) is 62.4 cm³/mol. The monoisotopic (exact) mass is 289 g/mol. The summed E-state index contributed by atoms with van der Waals surface area (Å²) in [5, 5.41) is 0. The van der Waals surface area contributed by atoms with Crippen molar-refractivity contribution in [1.29, 1.82) is 0 Å². The first kappa shape index (κ1) is 13.1. The minimum Gasteiger partial charge on any atom is -0.465 e. The van der Waals surface area contributed by atoms with Crippen molar-refractivity contribution >= 4 is 21.9 Å². The molecule has 0 radical (unpaired) electrons. The van der Waals surface area contributed by atoms with Crippen molar-refractivity contribution < 1.29 is 13.9 Å². The lowest BCUT2D eigenvalue weighted by molar-refractivity contribution is -0.144. The van der Waals surface area contributed by atoms with E-state index in [-0.39, 0.29) is 5.82 Å². The Morgan fingerprint density at radius 3 is 2.88 bits per heavy atom. The quantitative estimate of drug-likeness (QED) is 0.863. The van der Waals surface area contributed by atoms with Crippen molar-refractivity contribution in [3.8, 4) is 0 Å². The van der Waals surface area contributed by atoms with Gasteiger partial charge in [0.1, 0.15) is 11.9 Å². The van der Waals surface area contributed by atoms with Gasteiger partial charge in [-0.1, -0.05) is 22.0 Å². The van der Waals surface area contributed by atoms with Crippen LogP contribution in [0.2, 0.25) is 0 Å². The Morgan fingerprint density at radius 1 is 1.62 bits per heavy atom. The highest BCUT2D eigenvalue weighted by atomic mass is 79.9. The second-order valence-corrected chi connectivity index (χ2v) is 4.15. The Hall–Kier alpha value is -0.940. The molecule has 0 fully saturated rings. The fraction of sp³-hybridized carbons (Fsp3) is 0.364. The molecule has 1 aromatic carbocycles. The zero-order chi connectivity index (χ0) is 12.1. The number of ether oxygens (including phenoxy) is 1. The molecule has 1 rings (SSSR count). The van der Waals surface area contributed by atoms with E-state index in [9.17, 15) is 9.18 Å². The molecule has 0 aliphatic rings. The molecule has 0 saturated carbocycles. The van der Waals surface area contributed by atoms with Gasteiger partial charge in [-0.3, -0.25) is 4.79 Å². The topological polar surface area (TPSA) is 52.3 Å². The number of benzene rings is 1. The van der Waals surface area contributed by atoms with Gasteiger partial charge in [0.2, 0.25) is 0 Å². The molecule has 0 amide bonds. The van der Waals surface area contributed by atoms with Crippen LogP contribution in [0.15, 0.2) is 22.7 Å². The van der Waals surface area contributed by atoms with E-state index < -0.39 is 12.0 Å². The van der Waals surface area contributed by atoms with Gasteiger partial charge in [0.15, 0.2) is 0 Å². The first-order valence-electron chi connectivity index (χ1n) is 4.90. The van der Waals surface area contributed by atoms with Crippen LogP contribution in [0.5, 0.6) is 0 Å². The molecule has 0 aliphatic heterocycles. The molecule has 5 heteroatoms. The molecular formula is C11H13BrFNO2. The smallest absolute Gasteiger partial charge is 0.323 e. The summed E-state index contributed by atoms with van der Waals surface area (Å²) in [7, 11) is 0. The van der Waals surface area contributed by atoms with Gasteiger partial charge in [-0.15, -0.1) is 0 Å². The van der Waals surface area contributed by atoms with E-state index >= 15 is 0 Å². The van der Waals surface area contributed by atoms with Gasteiger partial charge in [0, 0.05) is 4.47 Å². The van der Waals surface area contributed by atoms with Crippen molar-refractivity contribution in [2.24, 2.45) is 5.73 Å². The Balaban J connectivity index is 2.69. The fourth-order valence-electron chi connectivity index (χ4n) is 1.26. The van der Waals surface area contributed by atoms with E-state index in [1.54, 1.807) is 13.0 Å². The van der Waals surface area contributed by atoms with Crippen LogP contribution in [-0.4, -0.2) is 18.6 Å². The van der Waals surface area contributed by atoms with Gasteiger partial charge in [-0.2, -0.15) is 0 Å². The Kier molecular flexibility index (Phi) is 4.89. The predicted octanol–water partition coefficient (Wildman–Crippen LogP) is 2.02. The van der Waals surface area contributed by atoms with Crippen LogP contribution in [0.4, 0.5) is 4.39 Å². The number of halogens is 2. The molecule has 0 bridgehead atoms. The van der Waals surface area contributed by atoms with Crippen molar-refractivity contribution in [2.45, 2.75) is 19.4 Å². The summed E-state index contributed by atoms with van der Waals surface area (Å²) in [6.45, 7) is 2.02. The molecule has 3 nitrogen and oxygen atoms in total. The number of carbonyl (C=O) groups excluding carboxylic acids is 1. The van der Waals surface area contributed by atoms with Gasteiger partial charge in [0.25, 0.3) is 0 Å².